The zero-order valence-corrected chi connectivity index (χ0v) is 17.1. The van der Waals surface area contributed by atoms with Crippen molar-refractivity contribution < 1.29 is 10.1 Å². The number of aromatic nitrogens is 2. The monoisotopic (exact) mass is 383 g/mol. The van der Waals surface area contributed by atoms with Gasteiger partial charge in [0.2, 0.25) is 5.71 Å². The van der Waals surface area contributed by atoms with Crippen molar-refractivity contribution >= 4 is 11.5 Å². The van der Waals surface area contributed by atoms with Gasteiger partial charge in [-0.25, -0.2) is 9.97 Å². The number of nitrogens with two attached hydrogens (primary N) is 2. The zero-order chi connectivity index (χ0) is 19.9. The predicted molar refractivity (Wildman–Crippen MR) is 110 cm³/mol. The number of allylic oxidation sites excluding steroid dienone is 1. The van der Waals surface area contributed by atoms with Gasteiger partial charge in [0.25, 0.3) is 0 Å². The van der Waals surface area contributed by atoms with Crippen LogP contribution in [0.15, 0.2) is 35.8 Å². The van der Waals surface area contributed by atoms with Crippen molar-refractivity contribution in [3.63, 3.8) is 0 Å². The molecular weight excluding hydrogens is 352 g/mol. The normalized spacial score (nSPS) is 27.2. The van der Waals surface area contributed by atoms with E-state index in [1.165, 1.54) is 0 Å². The molecule has 7 heteroatoms. The van der Waals surface area contributed by atoms with Crippen molar-refractivity contribution in [2.24, 2.45) is 5.73 Å². The molecule has 1 saturated carbocycles. The minimum Gasteiger partial charge on any atom is -0.398 e. The third-order valence-corrected chi connectivity index (χ3v) is 6.17. The van der Waals surface area contributed by atoms with E-state index in [4.69, 9.17) is 15.9 Å². The molecule has 2 heterocycles. The molecule has 0 amide bonds. The van der Waals surface area contributed by atoms with Gasteiger partial charge in [-0.3, -0.25) is 5.41 Å². The van der Waals surface area contributed by atoms with E-state index in [2.05, 4.69) is 40.7 Å². The number of likely N-dealkylation sites (N-methyl/N-ethyl adjacent to an activating group) is 1. The number of nitrogens with zero attached hydrogens (tertiary/aromatic N) is 4. The number of ether oxygens (including phenoxy) is 1. The summed E-state index contributed by atoms with van der Waals surface area (Å²) < 4.78 is 6.20. The highest BCUT2D eigenvalue weighted by Crippen LogP contribution is 2.41. The fourth-order valence-electron chi connectivity index (χ4n) is 3.78. The molecule has 0 aromatic carbocycles. The van der Waals surface area contributed by atoms with Gasteiger partial charge in [0, 0.05) is 43.9 Å². The Balaban J connectivity index is 1.50. The molecule has 1 aliphatic heterocycles. The number of anilines is 1. The minimum atomic E-state index is 0.00754. The Morgan fingerprint density at radius 1 is 1.32 bits per heavy atom. The third kappa shape index (κ3) is 3.95. The van der Waals surface area contributed by atoms with Crippen LogP contribution in [0.1, 0.15) is 38.8 Å². The van der Waals surface area contributed by atoms with Gasteiger partial charge in [-0.05, 0) is 39.8 Å². The molecule has 2 atom stereocenters. The standard InChI is InChI=1S/C21H30N6O/c1-14-12-27(9-8-26(14)3)19-11-18(24-13-25-19)20(23)16-10-15(4-5-17(16)22)28-21(2)6-7-21/h4-5,11,13-15,23H,6-10,12,22H2,1-3H3/p+1/t14-,15?/m0/s1. The van der Waals surface area contributed by atoms with Crippen molar-refractivity contribution in [2.75, 3.05) is 31.6 Å². The molecule has 1 saturated heterocycles. The van der Waals surface area contributed by atoms with E-state index in [1.54, 1.807) is 6.33 Å². The van der Waals surface area contributed by atoms with Crippen LogP contribution in [0.5, 0.6) is 0 Å². The highest BCUT2D eigenvalue weighted by Gasteiger charge is 2.41. The van der Waals surface area contributed by atoms with Crippen LogP contribution in [0.2, 0.25) is 0 Å². The first-order chi connectivity index (χ1) is 13.3. The Morgan fingerprint density at radius 3 is 2.82 bits per heavy atom. The second-order valence-corrected chi connectivity index (χ2v) is 8.55. The summed E-state index contributed by atoms with van der Waals surface area (Å²) in [6.45, 7) is 7.28. The zero-order valence-electron chi connectivity index (χ0n) is 17.1. The highest BCUT2D eigenvalue weighted by molar-refractivity contribution is 6.08. The molecule has 150 valence electrons. The average Bonchev–Trinajstić information content (AvgIpc) is 3.42. The smallest absolute Gasteiger partial charge is 0.228 e. The van der Waals surface area contributed by atoms with Crippen LogP contribution in [0, 0.1) is 0 Å². The van der Waals surface area contributed by atoms with E-state index in [0.717, 1.165) is 49.6 Å². The lowest BCUT2D eigenvalue weighted by Gasteiger charge is -2.38. The summed E-state index contributed by atoms with van der Waals surface area (Å²) in [5, 5.41) is 6.52. The lowest BCUT2D eigenvalue weighted by molar-refractivity contribution is -0.112. The molecule has 7 nitrogen and oxygen atoms in total. The summed E-state index contributed by atoms with van der Waals surface area (Å²) >= 11 is 0. The highest BCUT2D eigenvalue weighted by atomic mass is 16.5. The number of rotatable bonds is 5. The first-order valence-corrected chi connectivity index (χ1v) is 10.1. The van der Waals surface area contributed by atoms with Crippen LogP contribution in [0.3, 0.4) is 0 Å². The van der Waals surface area contributed by atoms with Gasteiger partial charge >= 0.3 is 0 Å². The Morgan fingerprint density at radius 2 is 2.11 bits per heavy atom. The molecule has 1 aromatic heterocycles. The van der Waals surface area contributed by atoms with E-state index in [-0.39, 0.29) is 11.7 Å². The quantitative estimate of drug-likeness (QED) is 0.710. The molecule has 1 unspecified atom stereocenters. The van der Waals surface area contributed by atoms with Crippen LogP contribution < -0.4 is 16.0 Å². The van der Waals surface area contributed by atoms with Gasteiger partial charge in [0.15, 0.2) is 0 Å². The Labute approximate surface area is 166 Å². The largest absolute Gasteiger partial charge is 0.398 e. The van der Waals surface area contributed by atoms with Crippen molar-refractivity contribution in [1.29, 1.82) is 0 Å². The van der Waals surface area contributed by atoms with Crippen LogP contribution >= 0.6 is 0 Å². The van der Waals surface area contributed by atoms with Gasteiger partial charge in [0.05, 0.1) is 17.3 Å². The van der Waals surface area contributed by atoms with Gasteiger partial charge in [-0.1, -0.05) is 6.08 Å². The Hall–Kier alpha value is -2.25. The summed E-state index contributed by atoms with van der Waals surface area (Å²) in [5.74, 6) is 0.914. The van der Waals surface area contributed by atoms with Crippen LogP contribution in [-0.2, 0) is 4.74 Å². The Kier molecular flexibility index (Phi) is 4.97. The van der Waals surface area contributed by atoms with Crippen LogP contribution in [0.4, 0.5) is 5.82 Å². The maximum Gasteiger partial charge on any atom is 0.228 e. The van der Waals surface area contributed by atoms with Gasteiger partial charge in [-0.15, -0.1) is 0 Å². The molecule has 4 rings (SSSR count). The fraction of sp³-hybridized carbons (Fsp3) is 0.571. The number of hydrogen-bond acceptors (Lipinski definition) is 6. The molecule has 2 aliphatic carbocycles. The van der Waals surface area contributed by atoms with Crippen molar-refractivity contribution in [2.45, 2.75) is 50.9 Å². The minimum absolute atomic E-state index is 0.00754. The number of piperazine rings is 1. The summed E-state index contributed by atoms with van der Waals surface area (Å²) in [5.41, 5.74) is 9.20. The van der Waals surface area contributed by atoms with E-state index in [1.807, 2.05) is 18.2 Å². The average molecular weight is 384 g/mol. The molecule has 0 radical (unpaired) electrons. The lowest BCUT2D eigenvalue weighted by Crippen LogP contribution is -2.50. The molecule has 4 N–H and O–H groups in total. The number of hydrogen-bond donors (Lipinski definition) is 2. The molecule has 1 aromatic rings. The van der Waals surface area contributed by atoms with E-state index < -0.39 is 0 Å². The molecule has 3 aliphatic rings. The van der Waals surface area contributed by atoms with Gasteiger partial charge in [-0.2, -0.15) is 0 Å². The van der Waals surface area contributed by atoms with Crippen molar-refractivity contribution in [3.05, 3.63) is 41.5 Å². The molecule has 2 fully saturated rings. The molecule has 0 spiro atoms. The molecule has 0 bridgehead atoms. The SMILES string of the molecule is C[C@H]1CN(c2cc(C(=[NH2+])C3=C(N)C=CC(OC4(C)CC4)C3)ncn2)CCN1C. The summed E-state index contributed by atoms with van der Waals surface area (Å²) in [4.78, 5) is 13.6. The first kappa shape index (κ1) is 19.1. The van der Waals surface area contributed by atoms with E-state index in [0.29, 0.717) is 23.9 Å². The fourth-order valence-corrected chi connectivity index (χ4v) is 3.78. The maximum atomic E-state index is 6.52. The van der Waals surface area contributed by atoms with E-state index in [9.17, 15) is 0 Å². The lowest BCUT2D eigenvalue weighted by atomic mass is 9.94. The summed E-state index contributed by atoms with van der Waals surface area (Å²) in [6, 6.07) is 2.46. The second kappa shape index (κ2) is 7.29. The predicted octanol–water partition coefficient (Wildman–Crippen LogP) is 0.276. The van der Waals surface area contributed by atoms with E-state index >= 15 is 0 Å². The van der Waals surface area contributed by atoms with Crippen molar-refractivity contribution in [1.82, 2.24) is 14.9 Å². The van der Waals surface area contributed by atoms with Crippen LogP contribution in [-0.4, -0.2) is 65.0 Å². The van der Waals surface area contributed by atoms with Gasteiger partial charge < -0.3 is 20.3 Å². The second-order valence-electron chi connectivity index (χ2n) is 8.55. The first-order valence-electron chi connectivity index (χ1n) is 10.1. The topological polar surface area (TPSA) is 93.1 Å². The van der Waals surface area contributed by atoms with Gasteiger partial charge in [0.1, 0.15) is 17.8 Å². The maximum absolute atomic E-state index is 6.52. The van der Waals surface area contributed by atoms with Crippen LogP contribution in [0.25, 0.3) is 0 Å². The summed E-state index contributed by atoms with van der Waals surface area (Å²) in [6.07, 6.45) is 8.45. The molecule has 28 heavy (non-hydrogen) atoms. The molecular formula is C21H31N6O+. The van der Waals surface area contributed by atoms with Crippen molar-refractivity contribution in [3.8, 4) is 0 Å². The summed E-state index contributed by atoms with van der Waals surface area (Å²) in [7, 11) is 2.16. The third-order valence-electron chi connectivity index (χ3n) is 6.17. The Bertz CT molecular complexity index is 828.